The predicted molar refractivity (Wildman–Crippen MR) is 247 cm³/mol. The first-order valence-corrected chi connectivity index (χ1v) is 23.6. The topological polar surface area (TPSA) is 78.9 Å². The van der Waals surface area contributed by atoms with Crippen molar-refractivity contribution in [2.75, 3.05) is 13.2 Å². The molecule has 0 N–H and O–H groups in total. The van der Waals surface area contributed by atoms with Crippen molar-refractivity contribution in [2.45, 2.75) is 213 Å². The minimum absolute atomic E-state index is 0.114. The van der Waals surface area contributed by atoms with Gasteiger partial charge in [0.25, 0.3) is 0 Å². The maximum atomic E-state index is 12.7. The van der Waals surface area contributed by atoms with Crippen molar-refractivity contribution in [3.05, 3.63) is 85.1 Å². The highest BCUT2D eigenvalue weighted by Gasteiger charge is 2.19. The molecule has 58 heavy (non-hydrogen) atoms. The molecule has 0 saturated carbocycles. The van der Waals surface area contributed by atoms with Crippen LogP contribution in [0.15, 0.2) is 85.1 Å². The summed E-state index contributed by atoms with van der Waals surface area (Å²) in [7, 11) is 0. The summed E-state index contributed by atoms with van der Waals surface area (Å²) >= 11 is 0. The van der Waals surface area contributed by atoms with E-state index in [4.69, 9.17) is 14.2 Å². The van der Waals surface area contributed by atoms with E-state index in [1.54, 1.807) is 0 Å². The van der Waals surface area contributed by atoms with Gasteiger partial charge >= 0.3 is 17.9 Å². The van der Waals surface area contributed by atoms with Crippen LogP contribution >= 0.6 is 0 Å². The molecule has 1 atom stereocenters. The van der Waals surface area contributed by atoms with Gasteiger partial charge in [0.1, 0.15) is 13.2 Å². The molecule has 0 aromatic heterocycles. The molecule has 0 amide bonds. The number of rotatable bonds is 41. The van der Waals surface area contributed by atoms with Gasteiger partial charge in [0, 0.05) is 19.3 Å². The lowest BCUT2D eigenvalue weighted by Gasteiger charge is -2.18. The lowest BCUT2D eigenvalue weighted by Crippen LogP contribution is -2.30. The van der Waals surface area contributed by atoms with E-state index in [-0.39, 0.29) is 31.6 Å². The molecule has 0 heterocycles. The molecular formula is C52H86O6. The Balaban J connectivity index is 4.52. The number of carbonyl (C=O) groups excluding carboxylic acids is 3. The predicted octanol–water partition coefficient (Wildman–Crippen LogP) is 15.3. The molecule has 0 spiro atoms. The molecule has 0 rings (SSSR count). The normalized spacial score (nSPS) is 12.8. The second-order valence-corrected chi connectivity index (χ2v) is 15.3. The van der Waals surface area contributed by atoms with E-state index in [1.165, 1.54) is 70.6 Å². The third kappa shape index (κ3) is 43.7. The monoisotopic (exact) mass is 807 g/mol. The van der Waals surface area contributed by atoms with Crippen LogP contribution in [-0.2, 0) is 28.6 Å². The van der Waals surface area contributed by atoms with E-state index in [1.807, 2.05) is 12.2 Å². The van der Waals surface area contributed by atoms with Gasteiger partial charge in [-0.2, -0.15) is 0 Å². The number of hydrogen-bond donors (Lipinski definition) is 0. The molecule has 0 aromatic rings. The van der Waals surface area contributed by atoms with Gasteiger partial charge in [-0.1, -0.05) is 196 Å². The Hall–Kier alpha value is -3.41. The third-order valence-corrected chi connectivity index (χ3v) is 9.66. The van der Waals surface area contributed by atoms with Crippen LogP contribution in [0, 0.1) is 0 Å². The average Bonchev–Trinajstić information content (AvgIpc) is 3.22. The van der Waals surface area contributed by atoms with E-state index in [2.05, 4.69) is 93.7 Å². The van der Waals surface area contributed by atoms with Gasteiger partial charge in [0.15, 0.2) is 6.10 Å². The first-order valence-electron chi connectivity index (χ1n) is 23.6. The zero-order valence-electron chi connectivity index (χ0n) is 37.5. The first-order chi connectivity index (χ1) is 28.5. The van der Waals surface area contributed by atoms with E-state index < -0.39 is 12.1 Å². The van der Waals surface area contributed by atoms with Crippen LogP contribution in [0.3, 0.4) is 0 Å². The number of unbranched alkanes of at least 4 members (excludes halogenated alkanes) is 16. The Morgan fingerprint density at radius 3 is 1.12 bits per heavy atom. The number of hydrogen-bond acceptors (Lipinski definition) is 6. The Bertz CT molecular complexity index is 1160. The van der Waals surface area contributed by atoms with Crippen LogP contribution in [0.2, 0.25) is 0 Å². The smallest absolute Gasteiger partial charge is 0.306 e. The van der Waals surface area contributed by atoms with Crippen molar-refractivity contribution in [1.82, 2.24) is 0 Å². The van der Waals surface area contributed by atoms with Crippen molar-refractivity contribution in [3.8, 4) is 0 Å². The summed E-state index contributed by atoms with van der Waals surface area (Å²) in [5.41, 5.74) is 0. The highest BCUT2D eigenvalue weighted by atomic mass is 16.6. The molecule has 0 aliphatic carbocycles. The zero-order valence-corrected chi connectivity index (χ0v) is 37.5. The molecule has 0 radical (unpaired) electrons. The zero-order chi connectivity index (χ0) is 42.3. The SMILES string of the molecule is CC/C=C\C/C=C\C/C=C\C/C=C\CCC(=O)OC(COC(=O)CCCCC/C=C\C/C=C\C/C=C\CC)COC(=O)CCCCCCCCCCCCCCCC. The molecule has 0 aliphatic rings. The number of carbonyl (C=O) groups is 3. The Morgan fingerprint density at radius 1 is 0.362 bits per heavy atom. The van der Waals surface area contributed by atoms with E-state index >= 15 is 0 Å². The van der Waals surface area contributed by atoms with Gasteiger partial charge in [0.2, 0.25) is 0 Å². The standard InChI is InChI=1S/C52H86O6/c1-4-7-10-13-16-19-22-25-28-30-33-36-39-42-45-51(54)57-48-49(58-52(55)46-43-40-37-34-31-27-24-21-18-15-12-9-6-3)47-56-50(53)44-41-38-35-32-29-26-23-20-17-14-11-8-5-2/h8-9,11-12,17-18,20-21,26-27,29,31,37,40,49H,4-7,10,13-16,19,22-25,28,30,32-36,38-39,41-48H2,1-3H3/b11-8-,12-9-,20-17-,21-18-,29-26-,31-27-,40-37-. The van der Waals surface area contributed by atoms with Crippen molar-refractivity contribution in [2.24, 2.45) is 0 Å². The second-order valence-electron chi connectivity index (χ2n) is 15.3. The molecule has 6 nitrogen and oxygen atoms in total. The number of esters is 3. The van der Waals surface area contributed by atoms with Crippen LogP contribution in [0.4, 0.5) is 0 Å². The van der Waals surface area contributed by atoms with Crippen molar-refractivity contribution < 1.29 is 28.6 Å². The van der Waals surface area contributed by atoms with Crippen molar-refractivity contribution >= 4 is 17.9 Å². The second kappa shape index (κ2) is 46.3. The molecule has 330 valence electrons. The maximum absolute atomic E-state index is 12.7. The van der Waals surface area contributed by atoms with Gasteiger partial charge in [0.05, 0.1) is 0 Å². The average molecular weight is 807 g/mol. The van der Waals surface area contributed by atoms with Gasteiger partial charge < -0.3 is 14.2 Å². The van der Waals surface area contributed by atoms with Gasteiger partial charge in [-0.25, -0.2) is 0 Å². The Kier molecular flexibility index (Phi) is 43.6. The Morgan fingerprint density at radius 2 is 0.707 bits per heavy atom. The molecule has 0 aliphatic heterocycles. The van der Waals surface area contributed by atoms with Crippen LogP contribution in [0.1, 0.15) is 207 Å². The third-order valence-electron chi connectivity index (χ3n) is 9.66. The largest absolute Gasteiger partial charge is 0.462 e. The van der Waals surface area contributed by atoms with Crippen LogP contribution < -0.4 is 0 Å². The van der Waals surface area contributed by atoms with E-state index in [0.29, 0.717) is 19.3 Å². The highest BCUT2D eigenvalue weighted by molar-refractivity contribution is 5.71. The van der Waals surface area contributed by atoms with Gasteiger partial charge in [-0.15, -0.1) is 0 Å². The lowest BCUT2D eigenvalue weighted by atomic mass is 10.0. The minimum Gasteiger partial charge on any atom is -0.462 e. The lowest BCUT2D eigenvalue weighted by molar-refractivity contribution is -0.166. The maximum Gasteiger partial charge on any atom is 0.306 e. The molecule has 0 fully saturated rings. The highest BCUT2D eigenvalue weighted by Crippen LogP contribution is 2.14. The van der Waals surface area contributed by atoms with Gasteiger partial charge in [-0.05, 0) is 77.0 Å². The van der Waals surface area contributed by atoms with E-state index in [0.717, 1.165) is 89.9 Å². The quantitative estimate of drug-likeness (QED) is 0.0265. The van der Waals surface area contributed by atoms with E-state index in [9.17, 15) is 14.4 Å². The fraction of sp³-hybridized carbons (Fsp3) is 0.673. The molecule has 0 saturated heterocycles. The summed E-state index contributed by atoms with van der Waals surface area (Å²) in [5.74, 6) is -1.03. The van der Waals surface area contributed by atoms with Crippen LogP contribution in [0.25, 0.3) is 0 Å². The summed E-state index contributed by atoms with van der Waals surface area (Å²) < 4.78 is 16.6. The van der Waals surface area contributed by atoms with Crippen molar-refractivity contribution in [1.29, 1.82) is 0 Å². The summed E-state index contributed by atoms with van der Waals surface area (Å²) in [6, 6.07) is 0. The summed E-state index contributed by atoms with van der Waals surface area (Å²) in [5, 5.41) is 0. The summed E-state index contributed by atoms with van der Waals surface area (Å²) in [4.78, 5) is 37.8. The molecule has 6 heteroatoms. The van der Waals surface area contributed by atoms with Crippen molar-refractivity contribution in [3.63, 3.8) is 0 Å². The number of ether oxygens (including phenoxy) is 3. The molecular weight excluding hydrogens is 721 g/mol. The molecule has 0 aromatic carbocycles. The summed E-state index contributed by atoms with van der Waals surface area (Å²) in [6.45, 7) is 6.30. The van der Waals surface area contributed by atoms with Crippen LogP contribution in [-0.4, -0.2) is 37.2 Å². The number of allylic oxidation sites excluding steroid dienone is 14. The first kappa shape index (κ1) is 54.6. The van der Waals surface area contributed by atoms with Gasteiger partial charge in [-0.3, -0.25) is 14.4 Å². The fourth-order valence-corrected chi connectivity index (χ4v) is 6.17. The Labute approximate surface area is 356 Å². The molecule has 0 bridgehead atoms. The summed E-state index contributed by atoms with van der Waals surface area (Å²) in [6.07, 6.45) is 58.7. The minimum atomic E-state index is -0.823. The fourth-order valence-electron chi connectivity index (χ4n) is 6.17. The molecule has 1 unspecified atom stereocenters. The van der Waals surface area contributed by atoms with Crippen LogP contribution in [0.5, 0.6) is 0 Å².